The van der Waals surface area contributed by atoms with Crippen LogP contribution in [0.25, 0.3) is 11.3 Å². The van der Waals surface area contributed by atoms with E-state index in [2.05, 4.69) is 35.3 Å². The van der Waals surface area contributed by atoms with E-state index in [1.165, 1.54) is 6.42 Å². The molecule has 0 spiro atoms. The van der Waals surface area contributed by atoms with Crippen LogP contribution in [0, 0.1) is 17.2 Å². The zero-order chi connectivity index (χ0) is 19.3. The van der Waals surface area contributed by atoms with Gasteiger partial charge in [0.1, 0.15) is 5.82 Å². The molecule has 4 rings (SSSR count). The zero-order valence-corrected chi connectivity index (χ0v) is 16.0. The lowest BCUT2D eigenvalue weighted by molar-refractivity contribution is 0.442. The first-order valence-corrected chi connectivity index (χ1v) is 9.68. The van der Waals surface area contributed by atoms with Crippen LogP contribution in [0.2, 0.25) is 0 Å². The molecule has 1 aliphatic rings. The molecular formula is C23H23N5. The Balaban J connectivity index is 1.72. The monoisotopic (exact) mass is 369 g/mol. The lowest BCUT2D eigenvalue weighted by Crippen LogP contribution is -2.35. The van der Waals surface area contributed by atoms with E-state index in [4.69, 9.17) is 15.2 Å². The Kier molecular flexibility index (Phi) is 5.20. The Labute approximate surface area is 165 Å². The first-order valence-electron chi connectivity index (χ1n) is 9.68. The van der Waals surface area contributed by atoms with E-state index in [0.29, 0.717) is 11.5 Å². The fraction of sp³-hybridized carbons (Fsp3) is 0.261. The summed E-state index contributed by atoms with van der Waals surface area (Å²) in [6.07, 6.45) is 2.41. The number of piperidine rings is 1. The third-order valence-corrected chi connectivity index (χ3v) is 4.99. The van der Waals surface area contributed by atoms with Crippen molar-refractivity contribution in [1.29, 1.82) is 5.26 Å². The second-order valence-corrected chi connectivity index (χ2v) is 7.32. The van der Waals surface area contributed by atoms with Crippen molar-refractivity contribution < 1.29 is 0 Å². The van der Waals surface area contributed by atoms with Crippen LogP contribution in [-0.2, 0) is 0 Å². The van der Waals surface area contributed by atoms with Crippen molar-refractivity contribution in [2.75, 3.05) is 23.3 Å². The first kappa shape index (κ1) is 18.0. The minimum Gasteiger partial charge on any atom is -0.340 e. The molecule has 1 N–H and O–H groups in total. The molecule has 0 radical (unpaired) electrons. The Hall–Kier alpha value is -3.39. The van der Waals surface area contributed by atoms with Crippen LogP contribution in [0.1, 0.15) is 25.3 Å². The average Bonchev–Trinajstić information content (AvgIpc) is 2.74. The van der Waals surface area contributed by atoms with Crippen molar-refractivity contribution in [2.45, 2.75) is 19.8 Å². The van der Waals surface area contributed by atoms with Crippen LogP contribution in [0.5, 0.6) is 0 Å². The molecule has 5 heteroatoms. The lowest BCUT2D eigenvalue weighted by atomic mass is 10.0. The number of hydrogen-bond donors (Lipinski definition) is 1. The fourth-order valence-electron chi connectivity index (χ4n) is 3.58. The van der Waals surface area contributed by atoms with E-state index in [1.807, 2.05) is 42.5 Å². The molecule has 2 aromatic carbocycles. The summed E-state index contributed by atoms with van der Waals surface area (Å²) in [5, 5.41) is 12.5. The number of benzene rings is 2. The van der Waals surface area contributed by atoms with Crippen LogP contribution < -0.4 is 10.2 Å². The van der Waals surface area contributed by atoms with Crippen molar-refractivity contribution in [3.8, 4) is 17.3 Å². The van der Waals surface area contributed by atoms with Gasteiger partial charge in [0.15, 0.2) is 0 Å². The predicted octanol–water partition coefficient (Wildman–Crippen LogP) is 5.00. The molecule has 1 aromatic heterocycles. The number of nitrogens with one attached hydrogen (secondary N) is 1. The highest BCUT2D eigenvalue weighted by atomic mass is 15.3. The van der Waals surface area contributed by atoms with E-state index in [1.54, 1.807) is 6.07 Å². The lowest BCUT2D eigenvalue weighted by Gasteiger charge is -2.31. The SMILES string of the molecule is CC1CCCN(c2nc(Nc3cccc(C#N)c3)cc(-c3ccccc3)n2)C1. The summed E-state index contributed by atoms with van der Waals surface area (Å²) in [6.45, 7) is 4.23. The van der Waals surface area contributed by atoms with Crippen molar-refractivity contribution in [2.24, 2.45) is 5.92 Å². The molecular weight excluding hydrogens is 346 g/mol. The summed E-state index contributed by atoms with van der Waals surface area (Å²) in [6, 6.07) is 21.7. The van der Waals surface area contributed by atoms with Crippen molar-refractivity contribution in [1.82, 2.24) is 9.97 Å². The number of rotatable bonds is 4. The van der Waals surface area contributed by atoms with Crippen LogP contribution in [0.4, 0.5) is 17.5 Å². The summed E-state index contributed by atoms with van der Waals surface area (Å²) in [5.74, 6) is 2.13. The summed E-state index contributed by atoms with van der Waals surface area (Å²) >= 11 is 0. The number of nitriles is 1. The maximum atomic E-state index is 9.15. The van der Waals surface area contributed by atoms with Gasteiger partial charge in [-0.2, -0.15) is 10.2 Å². The van der Waals surface area contributed by atoms with Gasteiger partial charge < -0.3 is 10.2 Å². The van der Waals surface area contributed by atoms with Gasteiger partial charge in [0.05, 0.1) is 17.3 Å². The minimum atomic E-state index is 0.618. The zero-order valence-electron chi connectivity index (χ0n) is 16.0. The van der Waals surface area contributed by atoms with Gasteiger partial charge >= 0.3 is 0 Å². The Morgan fingerprint density at radius 3 is 2.71 bits per heavy atom. The number of hydrogen-bond acceptors (Lipinski definition) is 5. The fourth-order valence-corrected chi connectivity index (χ4v) is 3.58. The van der Waals surface area contributed by atoms with Crippen LogP contribution in [0.15, 0.2) is 60.7 Å². The quantitative estimate of drug-likeness (QED) is 0.701. The minimum absolute atomic E-state index is 0.618. The first-order chi connectivity index (χ1) is 13.7. The van der Waals surface area contributed by atoms with Crippen LogP contribution >= 0.6 is 0 Å². The topological polar surface area (TPSA) is 64.8 Å². The third kappa shape index (κ3) is 4.12. The number of nitrogens with zero attached hydrogens (tertiary/aromatic N) is 4. The summed E-state index contributed by atoms with van der Waals surface area (Å²) in [4.78, 5) is 11.9. The molecule has 0 saturated carbocycles. The van der Waals surface area contributed by atoms with Gasteiger partial charge in [0.2, 0.25) is 5.95 Å². The summed E-state index contributed by atoms with van der Waals surface area (Å²) in [5.41, 5.74) is 3.41. The summed E-state index contributed by atoms with van der Waals surface area (Å²) in [7, 11) is 0. The average molecular weight is 369 g/mol. The molecule has 1 saturated heterocycles. The Morgan fingerprint density at radius 1 is 1.07 bits per heavy atom. The Bertz CT molecular complexity index is 993. The molecule has 1 atom stereocenters. The molecule has 5 nitrogen and oxygen atoms in total. The van der Waals surface area contributed by atoms with Gasteiger partial charge in [-0.1, -0.05) is 43.3 Å². The molecule has 28 heavy (non-hydrogen) atoms. The van der Waals surface area contributed by atoms with Gasteiger partial charge in [-0.25, -0.2) is 4.98 Å². The van der Waals surface area contributed by atoms with E-state index in [0.717, 1.165) is 48.2 Å². The Morgan fingerprint density at radius 2 is 1.93 bits per heavy atom. The number of anilines is 3. The normalized spacial score (nSPS) is 16.4. The van der Waals surface area contributed by atoms with Gasteiger partial charge in [0, 0.05) is 30.4 Å². The molecule has 140 valence electrons. The van der Waals surface area contributed by atoms with E-state index in [-0.39, 0.29) is 0 Å². The van der Waals surface area contributed by atoms with Gasteiger partial charge in [0.25, 0.3) is 0 Å². The smallest absolute Gasteiger partial charge is 0.227 e. The molecule has 0 amide bonds. The van der Waals surface area contributed by atoms with Gasteiger partial charge in [-0.15, -0.1) is 0 Å². The van der Waals surface area contributed by atoms with E-state index < -0.39 is 0 Å². The second-order valence-electron chi connectivity index (χ2n) is 7.32. The maximum Gasteiger partial charge on any atom is 0.227 e. The van der Waals surface area contributed by atoms with Crippen molar-refractivity contribution in [3.05, 3.63) is 66.2 Å². The molecule has 1 fully saturated rings. The van der Waals surface area contributed by atoms with E-state index in [9.17, 15) is 0 Å². The van der Waals surface area contributed by atoms with Crippen LogP contribution in [-0.4, -0.2) is 23.1 Å². The molecule has 0 aliphatic carbocycles. The predicted molar refractivity (Wildman–Crippen MR) is 113 cm³/mol. The highest BCUT2D eigenvalue weighted by molar-refractivity contribution is 5.68. The molecule has 0 bridgehead atoms. The standard InChI is InChI=1S/C23H23N5/c1-17-7-6-12-28(16-17)23-26-21(19-9-3-2-4-10-19)14-22(27-23)25-20-11-5-8-18(13-20)15-24/h2-5,8-11,13-14,17H,6-7,12,16H2,1H3,(H,25,26,27). The third-order valence-electron chi connectivity index (χ3n) is 4.99. The molecule has 1 aliphatic heterocycles. The molecule has 3 aromatic rings. The van der Waals surface area contributed by atoms with E-state index >= 15 is 0 Å². The molecule has 2 heterocycles. The maximum absolute atomic E-state index is 9.15. The summed E-state index contributed by atoms with van der Waals surface area (Å²) < 4.78 is 0. The van der Waals surface area contributed by atoms with Crippen LogP contribution in [0.3, 0.4) is 0 Å². The second kappa shape index (κ2) is 8.10. The highest BCUT2D eigenvalue weighted by Gasteiger charge is 2.20. The van der Waals surface area contributed by atoms with Gasteiger partial charge in [-0.05, 0) is 37.0 Å². The number of aromatic nitrogens is 2. The van der Waals surface area contributed by atoms with Gasteiger partial charge in [-0.3, -0.25) is 0 Å². The molecule has 1 unspecified atom stereocenters. The highest BCUT2D eigenvalue weighted by Crippen LogP contribution is 2.27. The van der Waals surface area contributed by atoms with Crippen molar-refractivity contribution >= 4 is 17.5 Å². The van der Waals surface area contributed by atoms with Crippen molar-refractivity contribution in [3.63, 3.8) is 0 Å². The largest absolute Gasteiger partial charge is 0.340 e.